The topological polar surface area (TPSA) is 61.7 Å². The number of rotatable bonds is 10. The molecule has 1 fully saturated rings. The zero-order valence-electron chi connectivity index (χ0n) is 22.7. The Morgan fingerprint density at radius 1 is 0.950 bits per heavy atom. The molecule has 1 aliphatic rings. The average molecular weight is 560 g/mol. The Hall–Kier alpha value is -3.82. The van der Waals surface area contributed by atoms with Gasteiger partial charge in [0.05, 0.1) is 13.1 Å². The Kier molecular flexibility index (Phi) is 9.03. The smallest absolute Gasteiger partial charge is 0.273 e. The summed E-state index contributed by atoms with van der Waals surface area (Å²) in [6, 6.07) is 20.0. The van der Waals surface area contributed by atoms with Crippen molar-refractivity contribution in [2.45, 2.75) is 33.0 Å². The van der Waals surface area contributed by atoms with Gasteiger partial charge in [-0.2, -0.15) is 0 Å². The molecule has 0 bridgehead atoms. The van der Waals surface area contributed by atoms with Crippen LogP contribution in [0.2, 0.25) is 0 Å². The number of aromatic nitrogens is 2. The molecule has 1 aliphatic heterocycles. The van der Waals surface area contributed by atoms with E-state index in [1.807, 2.05) is 41.6 Å². The van der Waals surface area contributed by atoms with Crippen molar-refractivity contribution in [1.82, 2.24) is 24.3 Å². The lowest BCUT2D eigenvalue weighted by atomic mass is 10.2. The Morgan fingerprint density at radius 2 is 1.70 bits per heavy atom. The zero-order valence-corrected chi connectivity index (χ0v) is 23.5. The molecule has 208 valence electrons. The highest BCUT2D eigenvalue weighted by molar-refractivity contribution is 7.09. The maximum atomic E-state index is 13.4. The number of halogens is 1. The number of hydrogen-bond acceptors (Lipinski definition) is 5. The van der Waals surface area contributed by atoms with E-state index in [2.05, 4.69) is 38.7 Å². The summed E-state index contributed by atoms with van der Waals surface area (Å²) in [6.07, 6.45) is 2.78. The van der Waals surface area contributed by atoms with E-state index in [9.17, 15) is 14.0 Å². The van der Waals surface area contributed by atoms with Gasteiger partial charge in [0.2, 0.25) is 0 Å². The first-order valence-corrected chi connectivity index (χ1v) is 14.6. The quantitative estimate of drug-likeness (QED) is 0.270. The van der Waals surface area contributed by atoms with Crippen molar-refractivity contribution in [2.24, 2.45) is 0 Å². The number of thiazole rings is 1. The number of benzene rings is 2. The second-order valence-corrected chi connectivity index (χ2v) is 11.0. The number of carbonyl (C=O) groups excluding carboxylic acids is 2. The minimum absolute atomic E-state index is 0.0198. The molecule has 3 heterocycles. The van der Waals surface area contributed by atoms with Gasteiger partial charge in [-0.3, -0.25) is 14.5 Å². The SMILES string of the molecule is CCCN(Cc1cccn1Cc1nc(C(=O)N2CCN(Cc3ccccc3)CC2)cs1)C(=O)c1ccc(F)cc1. The van der Waals surface area contributed by atoms with Crippen molar-refractivity contribution >= 4 is 23.2 Å². The van der Waals surface area contributed by atoms with Crippen molar-refractivity contribution in [3.8, 4) is 0 Å². The van der Waals surface area contributed by atoms with Crippen LogP contribution in [0.25, 0.3) is 0 Å². The molecule has 40 heavy (non-hydrogen) atoms. The van der Waals surface area contributed by atoms with E-state index in [0.29, 0.717) is 44.0 Å². The lowest BCUT2D eigenvalue weighted by Gasteiger charge is -2.34. The fourth-order valence-corrected chi connectivity index (χ4v) is 5.75. The summed E-state index contributed by atoms with van der Waals surface area (Å²) in [5, 5.41) is 2.69. The molecule has 0 spiro atoms. The number of piperazine rings is 1. The lowest BCUT2D eigenvalue weighted by molar-refractivity contribution is 0.0623. The van der Waals surface area contributed by atoms with Gasteiger partial charge in [0.15, 0.2) is 0 Å². The molecule has 0 aliphatic carbocycles. The summed E-state index contributed by atoms with van der Waals surface area (Å²) in [7, 11) is 0. The van der Waals surface area contributed by atoms with Gasteiger partial charge < -0.3 is 14.4 Å². The third-order valence-corrected chi connectivity index (χ3v) is 7.97. The summed E-state index contributed by atoms with van der Waals surface area (Å²) in [6.45, 7) is 7.54. The van der Waals surface area contributed by atoms with Gasteiger partial charge in [0.1, 0.15) is 16.5 Å². The number of nitrogens with zero attached hydrogens (tertiary/aromatic N) is 5. The molecular weight excluding hydrogens is 525 g/mol. The third kappa shape index (κ3) is 6.84. The molecule has 9 heteroatoms. The number of amides is 2. The molecule has 7 nitrogen and oxygen atoms in total. The fourth-order valence-electron chi connectivity index (χ4n) is 4.98. The molecule has 2 aromatic heterocycles. The molecule has 0 atom stereocenters. The fraction of sp³-hybridized carbons (Fsp3) is 0.323. The van der Waals surface area contributed by atoms with Crippen molar-refractivity contribution < 1.29 is 14.0 Å². The largest absolute Gasteiger partial charge is 0.343 e. The van der Waals surface area contributed by atoms with Crippen molar-refractivity contribution in [1.29, 1.82) is 0 Å². The summed E-state index contributed by atoms with van der Waals surface area (Å²) in [4.78, 5) is 37.0. The van der Waals surface area contributed by atoms with E-state index in [-0.39, 0.29) is 17.6 Å². The van der Waals surface area contributed by atoms with Gasteiger partial charge in [0, 0.05) is 62.1 Å². The summed E-state index contributed by atoms with van der Waals surface area (Å²) in [5.74, 6) is -0.506. The number of carbonyl (C=O) groups is 2. The van der Waals surface area contributed by atoms with Crippen LogP contribution in [0.3, 0.4) is 0 Å². The average Bonchev–Trinajstić information content (AvgIpc) is 3.63. The Labute approximate surface area is 238 Å². The molecule has 2 aromatic carbocycles. The molecule has 0 N–H and O–H groups in total. The number of hydrogen-bond donors (Lipinski definition) is 0. The molecule has 2 amide bonds. The van der Waals surface area contributed by atoms with E-state index < -0.39 is 0 Å². The van der Waals surface area contributed by atoms with Crippen LogP contribution >= 0.6 is 11.3 Å². The zero-order chi connectivity index (χ0) is 27.9. The Morgan fingerprint density at radius 3 is 2.42 bits per heavy atom. The molecule has 1 saturated heterocycles. The first kappa shape index (κ1) is 27.7. The molecule has 0 saturated carbocycles. The van der Waals surface area contributed by atoms with Crippen LogP contribution in [-0.2, 0) is 19.6 Å². The highest BCUT2D eigenvalue weighted by Gasteiger charge is 2.24. The summed E-state index contributed by atoms with van der Waals surface area (Å²) in [5.41, 5.74) is 3.22. The summed E-state index contributed by atoms with van der Waals surface area (Å²) < 4.78 is 15.4. The van der Waals surface area contributed by atoms with Crippen LogP contribution in [-0.4, -0.2) is 68.8 Å². The van der Waals surface area contributed by atoms with Crippen LogP contribution in [0.5, 0.6) is 0 Å². The monoisotopic (exact) mass is 559 g/mol. The second kappa shape index (κ2) is 13.0. The van der Waals surface area contributed by atoms with Crippen LogP contribution in [0.15, 0.2) is 78.3 Å². The van der Waals surface area contributed by atoms with Crippen LogP contribution in [0.4, 0.5) is 4.39 Å². The van der Waals surface area contributed by atoms with Gasteiger partial charge in [-0.05, 0) is 48.4 Å². The van der Waals surface area contributed by atoms with Crippen LogP contribution in [0.1, 0.15) is 50.5 Å². The van der Waals surface area contributed by atoms with Crippen molar-refractivity contribution in [3.05, 3.63) is 112 Å². The van der Waals surface area contributed by atoms with E-state index in [0.717, 1.165) is 36.8 Å². The summed E-state index contributed by atoms with van der Waals surface area (Å²) >= 11 is 1.48. The minimum atomic E-state index is -0.362. The van der Waals surface area contributed by atoms with Crippen molar-refractivity contribution in [3.63, 3.8) is 0 Å². The maximum absolute atomic E-state index is 13.4. The van der Waals surface area contributed by atoms with Gasteiger partial charge >= 0.3 is 0 Å². The van der Waals surface area contributed by atoms with E-state index >= 15 is 0 Å². The Balaban J connectivity index is 1.18. The van der Waals surface area contributed by atoms with Gasteiger partial charge in [0.25, 0.3) is 11.8 Å². The predicted octanol–water partition coefficient (Wildman–Crippen LogP) is 5.14. The minimum Gasteiger partial charge on any atom is -0.343 e. The Bertz CT molecular complexity index is 1410. The normalized spacial score (nSPS) is 13.9. The molecule has 4 aromatic rings. The first-order valence-electron chi connectivity index (χ1n) is 13.7. The maximum Gasteiger partial charge on any atom is 0.273 e. The molecular formula is C31H34FN5O2S. The van der Waals surface area contributed by atoms with Crippen LogP contribution < -0.4 is 0 Å². The molecule has 5 rings (SSSR count). The predicted molar refractivity (Wildman–Crippen MR) is 155 cm³/mol. The van der Waals surface area contributed by atoms with E-state index in [1.54, 1.807) is 4.90 Å². The van der Waals surface area contributed by atoms with Crippen molar-refractivity contribution in [2.75, 3.05) is 32.7 Å². The van der Waals surface area contributed by atoms with E-state index in [4.69, 9.17) is 0 Å². The highest BCUT2D eigenvalue weighted by atomic mass is 32.1. The first-order chi connectivity index (χ1) is 19.5. The van der Waals surface area contributed by atoms with Gasteiger partial charge in [-0.15, -0.1) is 11.3 Å². The van der Waals surface area contributed by atoms with Gasteiger partial charge in [-0.1, -0.05) is 37.3 Å². The third-order valence-electron chi connectivity index (χ3n) is 7.13. The van der Waals surface area contributed by atoms with Crippen LogP contribution in [0, 0.1) is 5.82 Å². The standard InChI is InChI=1S/C31H34FN5O2S/c1-2-14-37(30(38)25-10-12-26(32)13-11-25)21-27-9-6-15-36(27)22-29-33-28(23-40-29)31(39)35-18-16-34(17-19-35)20-24-7-4-3-5-8-24/h3-13,15,23H,2,14,16-22H2,1H3. The second-order valence-electron chi connectivity index (χ2n) is 10.0. The van der Waals surface area contributed by atoms with E-state index in [1.165, 1.54) is 41.2 Å². The lowest BCUT2D eigenvalue weighted by Crippen LogP contribution is -2.48. The molecule has 0 unspecified atom stereocenters. The van der Waals surface area contributed by atoms with Gasteiger partial charge in [-0.25, -0.2) is 9.37 Å². The molecule has 0 radical (unpaired) electrons. The highest BCUT2D eigenvalue weighted by Crippen LogP contribution is 2.18.